The summed E-state index contributed by atoms with van der Waals surface area (Å²) in [6, 6.07) is 0. The average Bonchev–Trinajstić information content (AvgIpc) is 2.81. The minimum absolute atomic E-state index is 0.0941. The number of nitrogens with zero attached hydrogens (tertiary/aromatic N) is 1. The van der Waals surface area contributed by atoms with Gasteiger partial charge >= 0.3 is 106 Å². The SMILES string of the molecule is CCCc1noc(C)c1[As]1CC1CS(=O)(=O)O. The van der Waals surface area contributed by atoms with E-state index in [2.05, 4.69) is 12.1 Å². The fraction of sp³-hybridized carbons (Fsp3) is 0.700. The monoisotopic (exact) mass is 321 g/mol. The van der Waals surface area contributed by atoms with Crippen LogP contribution in [0.25, 0.3) is 0 Å². The molecule has 1 saturated heterocycles. The summed E-state index contributed by atoms with van der Waals surface area (Å²) in [5, 5.41) is 4.98. The molecule has 1 N–H and O–H groups in total. The van der Waals surface area contributed by atoms with E-state index >= 15 is 0 Å². The van der Waals surface area contributed by atoms with Gasteiger partial charge in [0.2, 0.25) is 0 Å². The fourth-order valence-electron chi connectivity index (χ4n) is 2.02. The third-order valence-electron chi connectivity index (χ3n) is 2.79. The molecule has 2 atom stereocenters. The number of aromatic nitrogens is 1. The van der Waals surface area contributed by atoms with Gasteiger partial charge in [0.15, 0.2) is 0 Å². The first-order valence-corrected chi connectivity index (χ1v) is 10.5. The second-order valence-corrected chi connectivity index (χ2v) is 11.0. The van der Waals surface area contributed by atoms with Crippen LogP contribution in [0.3, 0.4) is 0 Å². The molecule has 1 aliphatic rings. The summed E-state index contributed by atoms with van der Waals surface area (Å²) in [6.45, 7) is 3.97. The summed E-state index contributed by atoms with van der Waals surface area (Å²) in [6.07, 6.45) is 1.89. The first-order valence-electron chi connectivity index (χ1n) is 5.59. The van der Waals surface area contributed by atoms with Gasteiger partial charge in [-0.05, 0) is 0 Å². The molecule has 5 nitrogen and oxygen atoms in total. The average molecular weight is 321 g/mol. The van der Waals surface area contributed by atoms with Gasteiger partial charge < -0.3 is 0 Å². The maximum atomic E-state index is 10.8. The van der Waals surface area contributed by atoms with Crippen molar-refractivity contribution < 1.29 is 17.5 Å². The molecule has 1 fully saturated rings. The zero-order valence-electron chi connectivity index (χ0n) is 9.88. The van der Waals surface area contributed by atoms with E-state index in [0.29, 0.717) is 0 Å². The van der Waals surface area contributed by atoms with Gasteiger partial charge in [0.05, 0.1) is 0 Å². The van der Waals surface area contributed by atoms with Gasteiger partial charge in [-0.1, -0.05) is 0 Å². The van der Waals surface area contributed by atoms with Crippen molar-refractivity contribution in [1.29, 1.82) is 0 Å². The molecule has 1 aromatic heterocycles. The van der Waals surface area contributed by atoms with Crippen LogP contribution in [-0.4, -0.2) is 38.5 Å². The predicted molar refractivity (Wildman–Crippen MR) is 65.6 cm³/mol. The summed E-state index contributed by atoms with van der Waals surface area (Å²) >= 11 is -1.32. The van der Waals surface area contributed by atoms with Crippen LogP contribution < -0.4 is 4.35 Å². The third kappa shape index (κ3) is 3.12. The Morgan fingerprint density at radius 3 is 2.88 bits per heavy atom. The van der Waals surface area contributed by atoms with Gasteiger partial charge in [0.25, 0.3) is 0 Å². The van der Waals surface area contributed by atoms with Gasteiger partial charge in [0, 0.05) is 0 Å². The van der Waals surface area contributed by atoms with Crippen LogP contribution in [0.1, 0.15) is 24.8 Å². The zero-order valence-corrected chi connectivity index (χ0v) is 12.6. The summed E-state index contributed by atoms with van der Waals surface area (Å²) in [5.41, 5.74) is 1.00. The van der Waals surface area contributed by atoms with E-state index in [0.717, 1.165) is 29.5 Å². The Morgan fingerprint density at radius 2 is 2.29 bits per heavy atom. The van der Waals surface area contributed by atoms with E-state index in [1.165, 1.54) is 4.35 Å². The Bertz CT molecular complexity index is 510. The molecule has 17 heavy (non-hydrogen) atoms. The summed E-state index contributed by atoms with van der Waals surface area (Å²) in [7, 11) is -3.84. The molecular weight excluding hydrogens is 305 g/mol. The minimum atomic E-state index is -3.84. The van der Waals surface area contributed by atoms with Crippen molar-refractivity contribution in [3.8, 4) is 0 Å². The molecule has 1 aromatic rings. The van der Waals surface area contributed by atoms with Crippen LogP contribution in [0.5, 0.6) is 0 Å². The molecule has 2 unspecified atom stereocenters. The molecule has 0 aromatic carbocycles. The van der Waals surface area contributed by atoms with E-state index < -0.39 is 24.8 Å². The third-order valence-corrected chi connectivity index (χ3v) is 9.94. The Balaban J connectivity index is 2.12. The van der Waals surface area contributed by atoms with Gasteiger partial charge in [-0.25, -0.2) is 0 Å². The first-order chi connectivity index (χ1) is 7.92. The van der Waals surface area contributed by atoms with Crippen molar-refractivity contribution in [2.45, 2.75) is 36.6 Å². The van der Waals surface area contributed by atoms with Gasteiger partial charge in [-0.3, -0.25) is 0 Å². The van der Waals surface area contributed by atoms with Crippen LogP contribution in [0.15, 0.2) is 4.52 Å². The van der Waals surface area contributed by atoms with Crippen molar-refractivity contribution in [1.82, 2.24) is 5.16 Å². The molecule has 7 heteroatoms. The van der Waals surface area contributed by atoms with Gasteiger partial charge in [0.1, 0.15) is 0 Å². The molecule has 0 aliphatic carbocycles. The van der Waals surface area contributed by atoms with Crippen LogP contribution in [-0.2, 0) is 16.5 Å². The topological polar surface area (TPSA) is 80.4 Å². The predicted octanol–water partition coefficient (Wildman–Crippen LogP) is 0.909. The Morgan fingerprint density at radius 1 is 1.59 bits per heavy atom. The Labute approximate surface area is 106 Å². The van der Waals surface area contributed by atoms with Gasteiger partial charge in [-0.2, -0.15) is 0 Å². The molecule has 0 spiro atoms. The van der Waals surface area contributed by atoms with E-state index in [1.54, 1.807) is 0 Å². The van der Waals surface area contributed by atoms with E-state index in [4.69, 9.17) is 9.08 Å². The van der Waals surface area contributed by atoms with E-state index in [1.807, 2.05) is 6.92 Å². The summed E-state index contributed by atoms with van der Waals surface area (Å²) in [5.74, 6) is 0.745. The number of rotatable bonds is 5. The quantitative estimate of drug-likeness (QED) is 0.644. The standard InChI is InChI=1S/C10H16AsNO4S/c1-3-4-9-10(7(2)16-12-9)11-5-8(11)6-17(13,14)15/h8H,3-6H2,1-2H3,(H,13,14,15). The van der Waals surface area contributed by atoms with Crippen LogP contribution in [0.4, 0.5) is 0 Å². The molecule has 0 radical (unpaired) electrons. The van der Waals surface area contributed by atoms with Crippen molar-refractivity contribution >= 4 is 29.1 Å². The second-order valence-electron chi connectivity index (χ2n) is 4.34. The molecule has 2 rings (SSSR count). The maximum absolute atomic E-state index is 10.8. The van der Waals surface area contributed by atoms with Gasteiger partial charge in [-0.15, -0.1) is 0 Å². The summed E-state index contributed by atoms with van der Waals surface area (Å²) in [4.78, 5) is 0. The van der Waals surface area contributed by atoms with Crippen molar-refractivity contribution in [2.75, 3.05) is 5.75 Å². The number of hydrogen-bond acceptors (Lipinski definition) is 4. The van der Waals surface area contributed by atoms with E-state index in [-0.39, 0.29) is 10.5 Å². The normalized spacial score (nSPS) is 23.9. The van der Waals surface area contributed by atoms with E-state index in [9.17, 15) is 8.42 Å². The van der Waals surface area contributed by atoms with Crippen molar-refractivity contribution in [3.05, 3.63) is 11.5 Å². The van der Waals surface area contributed by atoms with Crippen molar-refractivity contribution in [2.24, 2.45) is 0 Å². The van der Waals surface area contributed by atoms with Crippen molar-refractivity contribution in [3.63, 3.8) is 0 Å². The van der Waals surface area contributed by atoms with Crippen LogP contribution >= 0.6 is 0 Å². The zero-order chi connectivity index (χ0) is 12.6. The molecular formula is C10H16AsNO4S. The molecule has 0 bridgehead atoms. The molecule has 0 saturated carbocycles. The Kier molecular flexibility index (Phi) is 3.66. The Hall–Kier alpha value is -0.322. The number of hydrogen-bond donors (Lipinski definition) is 1. The second kappa shape index (κ2) is 4.75. The first kappa shape index (κ1) is 13.1. The molecule has 0 amide bonds. The van der Waals surface area contributed by atoms with Crippen LogP contribution in [0.2, 0.25) is 9.91 Å². The molecule has 2 heterocycles. The molecule has 96 valence electrons. The number of aryl methyl sites for hydroxylation is 2. The fourth-order valence-corrected chi connectivity index (χ4v) is 10.5. The molecule has 1 aliphatic heterocycles. The van der Waals surface area contributed by atoms with Crippen LogP contribution in [0, 0.1) is 6.92 Å². The summed E-state index contributed by atoms with van der Waals surface area (Å²) < 4.78 is 37.1.